The molecule has 0 fully saturated rings. The van der Waals surface area contributed by atoms with E-state index in [-0.39, 0.29) is 18.7 Å². The van der Waals surface area contributed by atoms with Crippen LogP contribution in [-0.2, 0) is 9.83 Å². The Kier molecular flexibility index (Phi) is 41.5. The Morgan fingerprint density at radius 2 is 1.78 bits per heavy atom. The summed E-state index contributed by atoms with van der Waals surface area (Å²) in [4.78, 5) is 24.1. The van der Waals surface area contributed by atoms with Gasteiger partial charge in [-0.05, 0) is 14.1 Å². The first kappa shape index (κ1) is 25.3. The number of aliphatic hydroxyl groups is 1. The second-order valence-electron chi connectivity index (χ2n) is 2.14. The van der Waals surface area contributed by atoms with Crippen molar-refractivity contribution in [2.45, 2.75) is 0 Å². The van der Waals surface area contributed by atoms with E-state index in [1.807, 2.05) is 0 Å². The standard InChI is InChI=1S/C3H8N2O3.C3H9NO.HNO3.H2O/c1-4-2-3-8-5(6)7;1-4-2-3-5;2-1-4-3;/h4H,2-3H2,1H3;4-5H,2-3H2,1H3;3H;1H2/p-1. The van der Waals surface area contributed by atoms with Gasteiger partial charge in [-0.25, -0.2) is 0 Å². The lowest BCUT2D eigenvalue weighted by Crippen LogP contribution is -2.16. The summed E-state index contributed by atoms with van der Waals surface area (Å²) in [5, 5.41) is 31.8. The number of likely N-dealkylation sites (N-methyl/N-ethyl adjacent to an activating group) is 2. The summed E-state index contributed by atoms with van der Waals surface area (Å²) < 4.78 is 0. The van der Waals surface area contributed by atoms with Crippen LogP contribution in [0.25, 0.3) is 0 Å². The second kappa shape index (κ2) is 29.5. The van der Waals surface area contributed by atoms with Crippen LogP contribution < -0.4 is 15.9 Å². The third-order valence-corrected chi connectivity index (χ3v) is 0.941. The fourth-order valence-electron chi connectivity index (χ4n) is 0.334. The lowest BCUT2D eigenvalue weighted by molar-refractivity contribution is -0.757. The molecule has 0 aromatic carbocycles. The van der Waals surface area contributed by atoms with E-state index in [0.717, 1.165) is 0 Å². The zero-order chi connectivity index (χ0) is 13.9. The smallest absolute Gasteiger partial charge is 0.294 e. The normalized spacial score (nSPS) is 7.33. The molecule has 0 heterocycles. The highest BCUT2D eigenvalue weighted by Crippen LogP contribution is 1.69. The maximum atomic E-state index is 9.43. The average Bonchev–Trinajstić information content (AvgIpc) is 2.31. The molecule has 0 aliphatic rings. The van der Waals surface area contributed by atoms with E-state index in [4.69, 9.17) is 15.3 Å². The third kappa shape index (κ3) is 63.1. The Labute approximate surface area is 103 Å². The maximum absolute atomic E-state index is 9.43. The van der Waals surface area contributed by atoms with Crippen molar-refractivity contribution in [1.29, 1.82) is 0 Å². The first-order valence-corrected chi connectivity index (χ1v) is 4.39. The highest BCUT2D eigenvalue weighted by atomic mass is 17.2. The summed E-state index contributed by atoms with van der Waals surface area (Å²) in [6, 6.07) is 0. The van der Waals surface area contributed by atoms with E-state index < -0.39 is 5.09 Å². The van der Waals surface area contributed by atoms with Gasteiger partial charge in [-0.3, -0.25) is 0 Å². The Morgan fingerprint density at radius 3 is 1.94 bits per heavy atom. The molecule has 18 heavy (non-hydrogen) atoms. The van der Waals surface area contributed by atoms with Crippen LogP contribution in [0.3, 0.4) is 0 Å². The largest absolute Gasteiger partial charge is 0.635 e. The predicted octanol–water partition coefficient (Wildman–Crippen LogP) is -3.25. The molecule has 0 saturated heterocycles. The molecule has 0 aliphatic heterocycles. The summed E-state index contributed by atoms with van der Waals surface area (Å²) >= 11 is 0. The number of rotatable bonds is 7. The predicted molar refractivity (Wildman–Crippen MR) is 58.4 cm³/mol. The van der Waals surface area contributed by atoms with Gasteiger partial charge in [0, 0.05) is 13.1 Å². The number of nitrogens with zero attached hydrogens (tertiary/aromatic N) is 2. The number of hydrogen-bond donors (Lipinski definition) is 3. The lowest BCUT2D eigenvalue weighted by Gasteiger charge is -1.94. The van der Waals surface area contributed by atoms with Gasteiger partial charge in [0.25, 0.3) is 5.09 Å². The second-order valence-corrected chi connectivity index (χ2v) is 2.14. The van der Waals surface area contributed by atoms with Crippen LogP contribution in [0.5, 0.6) is 0 Å². The maximum Gasteiger partial charge on any atom is 0.294 e. The Morgan fingerprint density at radius 1 is 1.33 bits per heavy atom. The zero-order valence-electron chi connectivity index (χ0n) is 10.1. The molecule has 0 atom stereocenters. The average molecular weight is 275 g/mol. The van der Waals surface area contributed by atoms with Gasteiger partial charge >= 0.3 is 0 Å². The molecule has 0 aromatic heterocycles. The Hall–Kier alpha value is -1.60. The Bertz CT molecular complexity index is 159. The Balaban J connectivity index is -0.0000000855. The molecule has 0 aromatic rings. The van der Waals surface area contributed by atoms with E-state index >= 15 is 0 Å². The van der Waals surface area contributed by atoms with Crippen molar-refractivity contribution >= 4 is 0 Å². The topological polar surface area (TPSA) is 190 Å². The quantitative estimate of drug-likeness (QED) is 0.141. The van der Waals surface area contributed by atoms with E-state index in [1.165, 1.54) is 5.34 Å². The summed E-state index contributed by atoms with van der Waals surface area (Å²) in [7, 11) is 3.50. The van der Waals surface area contributed by atoms with Crippen LogP contribution in [0.4, 0.5) is 0 Å². The molecular weight excluding hydrogens is 256 g/mol. The highest BCUT2D eigenvalue weighted by molar-refractivity contribution is 4.29. The van der Waals surface area contributed by atoms with Crippen molar-refractivity contribution < 1.29 is 30.8 Å². The van der Waals surface area contributed by atoms with E-state index in [9.17, 15) is 10.1 Å². The number of nitrogens with one attached hydrogen (secondary N) is 2. The number of aliphatic hydroxyl groups excluding tert-OH is 1. The van der Waals surface area contributed by atoms with Gasteiger partial charge in [-0.15, -0.1) is 15.0 Å². The molecule has 5 N–H and O–H groups in total. The molecule has 0 rings (SSSR count). The molecule has 0 unspecified atom stereocenters. The minimum Gasteiger partial charge on any atom is -0.635 e. The van der Waals surface area contributed by atoms with Gasteiger partial charge in [0.15, 0.2) is 0 Å². The summed E-state index contributed by atoms with van der Waals surface area (Å²) in [5.74, 6) is 0. The minimum absolute atomic E-state index is 0. The summed E-state index contributed by atoms with van der Waals surface area (Å²) in [5.41, 5.74) is 0. The fourth-order valence-corrected chi connectivity index (χ4v) is 0.334. The molecule has 12 nitrogen and oxygen atoms in total. The van der Waals surface area contributed by atoms with Crippen LogP contribution in [0.2, 0.25) is 0 Å². The fraction of sp³-hybridized carbons (Fsp3) is 1.00. The molecule has 112 valence electrons. The van der Waals surface area contributed by atoms with Crippen LogP contribution in [0.1, 0.15) is 0 Å². The first-order chi connectivity index (χ1) is 8.10. The third-order valence-electron chi connectivity index (χ3n) is 0.941. The monoisotopic (exact) mass is 275 g/mol. The van der Waals surface area contributed by atoms with Crippen LogP contribution in [0.15, 0.2) is 5.34 Å². The van der Waals surface area contributed by atoms with Gasteiger partial charge in [0.05, 0.1) is 6.61 Å². The van der Waals surface area contributed by atoms with E-state index in [0.29, 0.717) is 13.1 Å². The van der Waals surface area contributed by atoms with Gasteiger partial charge in [-0.2, -0.15) is 0 Å². The molecule has 0 amide bonds. The molecule has 12 heteroatoms. The van der Waals surface area contributed by atoms with Gasteiger partial charge < -0.3 is 36.3 Å². The van der Waals surface area contributed by atoms with E-state index in [2.05, 4.69) is 20.5 Å². The van der Waals surface area contributed by atoms with Crippen molar-refractivity contribution in [2.75, 3.05) is 40.4 Å². The van der Waals surface area contributed by atoms with Crippen molar-refractivity contribution in [2.24, 2.45) is 5.34 Å². The molecule has 0 spiro atoms. The molecule has 0 saturated carbocycles. The van der Waals surface area contributed by atoms with Gasteiger partial charge in [0.1, 0.15) is 11.9 Å². The van der Waals surface area contributed by atoms with Crippen molar-refractivity contribution in [3.8, 4) is 0 Å². The highest BCUT2D eigenvalue weighted by Gasteiger charge is 1.89. The lowest BCUT2D eigenvalue weighted by atomic mass is 10.7. The molecular formula is C6H19N4O8-. The van der Waals surface area contributed by atoms with Gasteiger partial charge in [0.2, 0.25) is 0 Å². The SMILES string of the molecule is CNCCO.CNCCO[N+](=O)[O-].O.O=NO[O-]. The molecule has 0 aliphatic carbocycles. The van der Waals surface area contributed by atoms with Crippen molar-refractivity contribution in [3.63, 3.8) is 0 Å². The van der Waals surface area contributed by atoms with Crippen LogP contribution >= 0.6 is 0 Å². The summed E-state index contributed by atoms with van der Waals surface area (Å²) in [6.07, 6.45) is 0. The first-order valence-electron chi connectivity index (χ1n) is 4.39. The van der Waals surface area contributed by atoms with Crippen LogP contribution in [0, 0.1) is 15.0 Å². The number of hydrogen-bond acceptors (Lipinski definition) is 10. The molecule has 0 bridgehead atoms. The van der Waals surface area contributed by atoms with Crippen molar-refractivity contribution in [3.05, 3.63) is 15.0 Å². The van der Waals surface area contributed by atoms with Gasteiger partial charge in [-0.1, -0.05) is 0 Å². The van der Waals surface area contributed by atoms with Crippen LogP contribution in [-0.4, -0.2) is 56.1 Å². The van der Waals surface area contributed by atoms with Crippen molar-refractivity contribution in [1.82, 2.24) is 10.6 Å². The summed E-state index contributed by atoms with van der Waals surface area (Å²) in [6.45, 7) is 1.54. The zero-order valence-corrected chi connectivity index (χ0v) is 10.1. The van der Waals surface area contributed by atoms with E-state index in [1.54, 1.807) is 14.1 Å². The minimum atomic E-state index is -0.808. The molecule has 0 radical (unpaired) electrons.